The molecule has 1 N–H and O–H groups in total. The van der Waals surface area contributed by atoms with Crippen LogP contribution in [-0.4, -0.2) is 11.4 Å². The second-order valence-electron chi connectivity index (χ2n) is 9.07. The van der Waals surface area contributed by atoms with Crippen molar-refractivity contribution in [3.63, 3.8) is 0 Å². The van der Waals surface area contributed by atoms with Crippen molar-refractivity contribution in [1.82, 2.24) is 5.32 Å². The van der Waals surface area contributed by atoms with Crippen LogP contribution >= 0.6 is 0 Å². The fourth-order valence-corrected chi connectivity index (χ4v) is 6.30. The van der Waals surface area contributed by atoms with Gasteiger partial charge in [0.2, 0.25) is 5.91 Å². The third-order valence-corrected chi connectivity index (χ3v) is 7.14. The van der Waals surface area contributed by atoms with E-state index in [1.165, 1.54) is 49.7 Å². The van der Waals surface area contributed by atoms with Gasteiger partial charge in [-0.25, -0.2) is 0 Å². The van der Waals surface area contributed by atoms with E-state index >= 15 is 0 Å². The molecule has 4 aliphatic rings. The second-order valence-corrected chi connectivity index (χ2v) is 9.07. The highest BCUT2D eigenvalue weighted by atomic mass is 16.3. The number of hydrogen-bond donors (Lipinski definition) is 1. The van der Waals surface area contributed by atoms with Gasteiger partial charge in [0.15, 0.2) is 0 Å². The van der Waals surface area contributed by atoms with Crippen LogP contribution in [0, 0.1) is 31.6 Å². The smallest absolute Gasteiger partial charge is 0.224 e. The molecule has 6 rings (SSSR count). The fourth-order valence-electron chi connectivity index (χ4n) is 6.30. The Labute approximate surface area is 149 Å². The lowest BCUT2D eigenvalue weighted by molar-refractivity contribution is -0.126. The molecule has 2 aromatic rings. The third kappa shape index (κ3) is 2.51. The van der Waals surface area contributed by atoms with Gasteiger partial charge in [0.05, 0.1) is 12.7 Å². The Bertz CT molecular complexity index is 812. The lowest BCUT2D eigenvalue weighted by Gasteiger charge is -2.56. The first-order valence-corrected chi connectivity index (χ1v) is 9.79. The summed E-state index contributed by atoms with van der Waals surface area (Å²) in [6.07, 6.45) is 10.0. The van der Waals surface area contributed by atoms with Gasteiger partial charge in [0.25, 0.3) is 0 Å². The van der Waals surface area contributed by atoms with Gasteiger partial charge in [0, 0.05) is 16.5 Å². The summed E-state index contributed by atoms with van der Waals surface area (Å²) in [6, 6.07) is 4.21. The van der Waals surface area contributed by atoms with E-state index in [0.717, 1.165) is 34.3 Å². The zero-order valence-electron chi connectivity index (χ0n) is 15.2. The van der Waals surface area contributed by atoms with E-state index in [9.17, 15) is 4.79 Å². The van der Waals surface area contributed by atoms with Crippen LogP contribution in [0.3, 0.4) is 0 Å². The van der Waals surface area contributed by atoms with Crippen molar-refractivity contribution in [1.29, 1.82) is 0 Å². The number of carbonyl (C=O) groups excluding carboxylic acids is 1. The molecule has 25 heavy (non-hydrogen) atoms. The highest BCUT2D eigenvalue weighted by Gasteiger charge is 2.51. The van der Waals surface area contributed by atoms with Crippen molar-refractivity contribution in [2.45, 2.75) is 64.3 Å². The minimum absolute atomic E-state index is 0.0951. The number of fused-ring (bicyclic) bond motifs is 1. The molecular formula is C22H27NO2. The maximum absolute atomic E-state index is 12.8. The van der Waals surface area contributed by atoms with Gasteiger partial charge in [-0.05, 0) is 81.3 Å². The topological polar surface area (TPSA) is 42.2 Å². The molecule has 0 unspecified atom stereocenters. The Balaban J connectivity index is 1.35. The minimum atomic E-state index is 0.0951. The van der Waals surface area contributed by atoms with E-state index in [0.29, 0.717) is 6.42 Å². The van der Waals surface area contributed by atoms with Gasteiger partial charge in [-0.1, -0.05) is 12.1 Å². The molecule has 3 nitrogen and oxygen atoms in total. The van der Waals surface area contributed by atoms with Crippen molar-refractivity contribution in [3.05, 3.63) is 35.1 Å². The number of furan rings is 1. The van der Waals surface area contributed by atoms with E-state index in [1.807, 2.05) is 0 Å². The van der Waals surface area contributed by atoms with Crippen molar-refractivity contribution in [3.8, 4) is 0 Å². The van der Waals surface area contributed by atoms with E-state index in [1.54, 1.807) is 6.26 Å². The zero-order valence-corrected chi connectivity index (χ0v) is 15.2. The second kappa shape index (κ2) is 5.36. The molecule has 4 saturated carbocycles. The molecular weight excluding hydrogens is 310 g/mol. The van der Waals surface area contributed by atoms with Crippen LogP contribution in [0.15, 0.2) is 22.8 Å². The van der Waals surface area contributed by atoms with Gasteiger partial charge < -0.3 is 9.73 Å². The summed E-state index contributed by atoms with van der Waals surface area (Å²) in [7, 11) is 0. The largest absolute Gasteiger partial charge is 0.464 e. The number of aryl methyl sites for hydroxylation is 2. The molecule has 4 fully saturated rings. The standard InChI is InChI=1S/C22H27NO2/c1-13-3-4-19-18(12-25-21(19)14(13)2)8-20(24)23-22-9-15-5-16(10-22)7-17(6-15)11-22/h3-4,12,15-17H,5-11H2,1-2H3,(H,23,24). The number of rotatable bonds is 3. The molecule has 1 aromatic heterocycles. The molecule has 4 aliphatic carbocycles. The predicted octanol–water partition coefficient (Wildman–Crippen LogP) is 4.68. The normalized spacial score (nSPS) is 33.1. The summed E-state index contributed by atoms with van der Waals surface area (Å²) in [4.78, 5) is 12.8. The van der Waals surface area contributed by atoms with Crippen LogP contribution in [0.25, 0.3) is 11.0 Å². The van der Waals surface area contributed by atoms with Crippen molar-refractivity contribution >= 4 is 16.9 Å². The Kier molecular flexibility index (Phi) is 3.32. The number of amides is 1. The third-order valence-electron chi connectivity index (χ3n) is 7.14. The quantitative estimate of drug-likeness (QED) is 0.884. The summed E-state index contributed by atoms with van der Waals surface area (Å²) in [5, 5.41) is 4.56. The number of nitrogens with one attached hydrogen (secondary N) is 1. The van der Waals surface area contributed by atoms with Gasteiger partial charge in [-0.3, -0.25) is 4.79 Å². The van der Waals surface area contributed by atoms with Crippen molar-refractivity contribution in [2.75, 3.05) is 0 Å². The average Bonchev–Trinajstić information content (AvgIpc) is 2.92. The van der Waals surface area contributed by atoms with Crippen molar-refractivity contribution in [2.24, 2.45) is 17.8 Å². The van der Waals surface area contributed by atoms with Crippen molar-refractivity contribution < 1.29 is 9.21 Å². The number of hydrogen-bond acceptors (Lipinski definition) is 2. The Morgan fingerprint density at radius 2 is 1.76 bits per heavy atom. The highest BCUT2D eigenvalue weighted by Crippen LogP contribution is 2.55. The van der Waals surface area contributed by atoms with Gasteiger partial charge in [-0.2, -0.15) is 0 Å². The number of carbonyl (C=O) groups is 1. The summed E-state index contributed by atoms with van der Waals surface area (Å²) in [5.41, 5.74) is 4.44. The maximum Gasteiger partial charge on any atom is 0.224 e. The molecule has 0 saturated heterocycles. The summed E-state index contributed by atoms with van der Waals surface area (Å²) >= 11 is 0. The lowest BCUT2D eigenvalue weighted by atomic mass is 9.53. The van der Waals surface area contributed by atoms with Crippen LogP contribution in [0.2, 0.25) is 0 Å². The van der Waals surface area contributed by atoms with Crippen LogP contribution in [-0.2, 0) is 11.2 Å². The van der Waals surface area contributed by atoms with Crippen LogP contribution in [0.4, 0.5) is 0 Å². The zero-order chi connectivity index (χ0) is 17.2. The predicted molar refractivity (Wildman–Crippen MR) is 98.4 cm³/mol. The Morgan fingerprint density at radius 1 is 1.12 bits per heavy atom. The first kappa shape index (κ1) is 15.5. The van der Waals surface area contributed by atoms with E-state index < -0.39 is 0 Å². The molecule has 132 valence electrons. The highest BCUT2D eigenvalue weighted by molar-refractivity contribution is 5.89. The fraction of sp³-hybridized carbons (Fsp3) is 0.591. The molecule has 1 heterocycles. The molecule has 3 heteroatoms. The molecule has 4 bridgehead atoms. The van der Waals surface area contributed by atoms with Crippen LogP contribution in [0.1, 0.15) is 55.2 Å². The van der Waals surface area contributed by atoms with Gasteiger partial charge in [-0.15, -0.1) is 0 Å². The Morgan fingerprint density at radius 3 is 2.40 bits per heavy atom. The molecule has 0 radical (unpaired) electrons. The van der Waals surface area contributed by atoms with Crippen LogP contribution in [0.5, 0.6) is 0 Å². The maximum atomic E-state index is 12.8. The van der Waals surface area contributed by atoms with Crippen LogP contribution < -0.4 is 5.32 Å². The molecule has 0 aliphatic heterocycles. The molecule has 1 aromatic carbocycles. The summed E-state index contributed by atoms with van der Waals surface area (Å²) < 4.78 is 5.78. The monoisotopic (exact) mass is 337 g/mol. The molecule has 0 spiro atoms. The summed E-state index contributed by atoms with van der Waals surface area (Å²) in [5.74, 6) is 2.73. The van der Waals surface area contributed by atoms with E-state index in [4.69, 9.17) is 4.42 Å². The molecule has 1 amide bonds. The lowest BCUT2D eigenvalue weighted by Crippen LogP contribution is -2.60. The average molecular weight is 337 g/mol. The SMILES string of the molecule is Cc1ccc2c(CC(=O)NC34CC5CC(CC(C5)C3)C4)coc2c1C. The first-order chi connectivity index (χ1) is 12.0. The summed E-state index contributed by atoms with van der Waals surface area (Å²) in [6.45, 7) is 4.18. The first-order valence-electron chi connectivity index (χ1n) is 9.79. The van der Waals surface area contributed by atoms with Gasteiger partial charge >= 0.3 is 0 Å². The Hall–Kier alpha value is -1.77. The van der Waals surface area contributed by atoms with E-state index in [-0.39, 0.29) is 11.4 Å². The minimum Gasteiger partial charge on any atom is -0.464 e. The van der Waals surface area contributed by atoms with Gasteiger partial charge in [0.1, 0.15) is 5.58 Å². The number of benzene rings is 1. The molecule has 0 atom stereocenters. The van der Waals surface area contributed by atoms with E-state index in [2.05, 4.69) is 31.3 Å².